The van der Waals surface area contributed by atoms with Gasteiger partial charge in [0.15, 0.2) is 0 Å². The van der Waals surface area contributed by atoms with Gasteiger partial charge >= 0.3 is 0 Å². The molecule has 2 aromatic carbocycles. The Kier molecular flexibility index (Phi) is 7.09. The molecule has 1 spiro atoms. The van der Waals surface area contributed by atoms with Gasteiger partial charge in [-0.15, -0.1) is 0 Å². The van der Waals surface area contributed by atoms with Crippen LogP contribution in [0.5, 0.6) is 5.75 Å². The first-order chi connectivity index (χ1) is 19.3. The van der Waals surface area contributed by atoms with Gasteiger partial charge in [-0.1, -0.05) is 67.8 Å². The fourth-order valence-corrected chi connectivity index (χ4v) is 7.16. The van der Waals surface area contributed by atoms with E-state index < -0.39 is 29.6 Å². The summed E-state index contributed by atoms with van der Waals surface area (Å²) in [6.07, 6.45) is 7.21. The minimum atomic E-state index is -1.23. The first kappa shape index (κ1) is 26.8. The third-order valence-corrected chi connectivity index (χ3v) is 9.37. The number of methoxy groups -OCH3 is 1. The molecule has 1 saturated carbocycles. The van der Waals surface area contributed by atoms with Crippen LogP contribution in [0.1, 0.15) is 38.2 Å². The highest BCUT2D eigenvalue weighted by atomic mass is 35.5. The van der Waals surface area contributed by atoms with E-state index in [4.69, 9.17) is 21.1 Å². The molecular formula is C31H34ClN3O5. The molecule has 2 bridgehead atoms. The quantitative estimate of drug-likeness (QED) is 0.489. The minimum Gasteiger partial charge on any atom is -0.497 e. The molecule has 1 aliphatic carbocycles. The summed E-state index contributed by atoms with van der Waals surface area (Å²) in [4.78, 5) is 43.6. The summed E-state index contributed by atoms with van der Waals surface area (Å²) in [7, 11) is 1.56. The summed E-state index contributed by atoms with van der Waals surface area (Å²) in [6, 6.07) is 13.5. The molecule has 6 rings (SSSR count). The van der Waals surface area contributed by atoms with E-state index in [9.17, 15) is 14.4 Å². The average molecular weight is 564 g/mol. The second kappa shape index (κ2) is 10.6. The highest BCUT2D eigenvalue weighted by Crippen LogP contribution is 2.55. The van der Waals surface area contributed by atoms with Gasteiger partial charge in [-0.05, 0) is 42.5 Å². The zero-order valence-electron chi connectivity index (χ0n) is 22.6. The van der Waals surface area contributed by atoms with E-state index in [1.165, 1.54) is 0 Å². The number of amides is 3. The van der Waals surface area contributed by atoms with Crippen molar-refractivity contribution in [2.45, 2.75) is 62.9 Å². The zero-order chi connectivity index (χ0) is 28.0. The van der Waals surface area contributed by atoms with Gasteiger partial charge in [-0.2, -0.15) is 0 Å². The number of nitrogens with one attached hydrogen (secondary N) is 2. The van der Waals surface area contributed by atoms with E-state index in [2.05, 4.69) is 17.6 Å². The van der Waals surface area contributed by atoms with Gasteiger partial charge in [0.1, 0.15) is 17.4 Å². The molecule has 2 saturated heterocycles. The Balaban J connectivity index is 1.33. The Morgan fingerprint density at radius 2 is 1.93 bits per heavy atom. The first-order valence-electron chi connectivity index (χ1n) is 14.0. The summed E-state index contributed by atoms with van der Waals surface area (Å²) in [5, 5.41) is 6.70. The maximum Gasteiger partial charge on any atom is 0.246 e. The maximum absolute atomic E-state index is 14.2. The van der Waals surface area contributed by atoms with Crippen LogP contribution in [-0.4, -0.2) is 53.5 Å². The van der Waals surface area contributed by atoms with Crippen molar-refractivity contribution in [1.82, 2.24) is 10.2 Å². The number of benzene rings is 2. The maximum atomic E-state index is 14.2. The molecule has 9 heteroatoms. The molecule has 210 valence electrons. The second-order valence-corrected chi connectivity index (χ2v) is 11.8. The van der Waals surface area contributed by atoms with E-state index >= 15 is 0 Å². The van der Waals surface area contributed by atoms with Crippen LogP contribution in [0.15, 0.2) is 60.7 Å². The van der Waals surface area contributed by atoms with Crippen LogP contribution in [0.4, 0.5) is 5.69 Å². The van der Waals surface area contributed by atoms with Gasteiger partial charge in [-0.3, -0.25) is 14.4 Å². The SMILES string of the molecule is COc1cccc(NC(=O)C2[C@@H]3C=CC4(O3)C(C(=O)NC3CCCCC3C)N(Cc3ccccc3Cl)C(=O)[C@H]24)c1. The van der Waals surface area contributed by atoms with Crippen molar-refractivity contribution in [2.24, 2.45) is 17.8 Å². The summed E-state index contributed by atoms with van der Waals surface area (Å²) < 4.78 is 11.7. The minimum absolute atomic E-state index is 0.0312. The Morgan fingerprint density at radius 1 is 1.12 bits per heavy atom. The van der Waals surface area contributed by atoms with E-state index in [0.717, 1.165) is 31.2 Å². The highest BCUT2D eigenvalue weighted by molar-refractivity contribution is 6.31. The number of anilines is 1. The van der Waals surface area contributed by atoms with Crippen molar-refractivity contribution in [1.29, 1.82) is 0 Å². The van der Waals surface area contributed by atoms with Crippen LogP contribution in [0.3, 0.4) is 0 Å². The molecule has 3 aliphatic heterocycles. The molecule has 40 heavy (non-hydrogen) atoms. The van der Waals surface area contributed by atoms with E-state index in [0.29, 0.717) is 22.4 Å². The first-order valence-corrected chi connectivity index (χ1v) is 14.4. The summed E-state index contributed by atoms with van der Waals surface area (Å²) in [5.41, 5.74) is 0.0548. The molecule has 3 heterocycles. The van der Waals surface area contributed by atoms with E-state index in [-0.39, 0.29) is 30.3 Å². The molecule has 7 atom stereocenters. The number of hydrogen-bond donors (Lipinski definition) is 2. The number of rotatable bonds is 7. The molecule has 2 aromatic rings. The molecule has 4 aliphatic rings. The molecular weight excluding hydrogens is 530 g/mol. The predicted octanol–water partition coefficient (Wildman–Crippen LogP) is 4.33. The molecule has 2 N–H and O–H groups in total. The van der Waals surface area contributed by atoms with Crippen molar-refractivity contribution >= 4 is 35.0 Å². The molecule has 8 nitrogen and oxygen atoms in total. The lowest BCUT2D eigenvalue weighted by atomic mass is 9.74. The molecule has 5 unspecified atom stereocenters. The van der Waals surface area contributed by atoms with Gasteiger partial charge in [-0.25, -0.2) is 0 Å². The van der Waals surface area contributed by atoms with Crippen LogP contribution >= 0.6 is 11.6 Å². The lowest BCUT2D eigenvalue weighted by molar-refractivity contribution is -0.142. The highest BCUT2D eigenvalue weighted by Gasteiger charge is 2.72. The van der Waals surface area contributed by atoms with Gasteiger partial charge in [0.05, 0.1) is 25.0 Å². The van der Waals surface area contributed by atoms with Gasteiger partial charge in [0, 0.05) is 29.4 Å². The fraction of sp³-hybridized carbons (Fsp3) is 0.452. The molecule has 0 radical (unpaired) electrons. The number of ether oxygens (including phenoxy) is 2. The van der Waals surface area contributed by atoms with Gasteiger partial charge in [0.2, 0.25) is 17.7 Å². The van der Waals surface area contributed by atoms with Crippen molar-refractivity contribution < 1.29 is 23.9 Å². The lowest BCUT2D eigenvalue weighted by Gasteiger charge is -2.36. The lowest BCUT2D eigenvalue weighted by Crippen LogP contribution is -2.57. The van der Waals surface area contributed by atoms with Crippen molar-refractivity contribution in [2.75, 3.05) is 12.4 Å². The number of carbonyl (C=O) groups excluding carboxylic acids is 3. The summed E-state index contributed by atoms with van der Waals surface area (Å²) in [6.45, 7) is 2.30. The van der Waals surface area contributed by atoms with E-state index in [1.54, 1.807) is 42.3 Å². The van der Waals surface area contributed by atoms with Crippen molar-refractivity contribution in [3.8, 4) is 5.75 Å². The topological polar surface area (TPSA) is 97.0 Å². The second-order valence-electron chi connectivity index (χ2n) is 11.4. The number of hydrogen-bond acceptors (Lipinski definition) is 5. The Labute approximate surface area is 239 Å². The van der Waals surface area contributed by atoms with Crippen LogP contribution in [0, 0.1) is 17.8 Å². The summed E-state index contributed by atoms with van der Waals surface area (Å²) >= 11 is 6.49. The molecule has 3 amide bonds. The average Bonchev–Trinajstić information content (AvgIpc) is 3.59. The number of likely N-dealkylation sites (tertiary alicyclic amines) is 1. The van der Waals surface area contributed by atoms with Crippen molar-refractivity contribution in [3.63, 3.8) is 0 Å². The number of halogens is 1. The third-order valence-electron chi connectivity index (χ3n) is 9.00. The molecule has 3 fully saturated rings. The Hall–Kier alpha value is -3.36. The Bertz CT molecular complexity index is 1360. The zero-order valence-corrected chi connectivity index (χ0v) is 23.4. The van der Waals surface area contributed by atoms with Crippen LogP contribution in [0.2, 0.25) is 5.02 Å². The van der Waals surface area contributed by atoms with Gasteiger partial charge in [0.25, 0.3) is 0 Å². The van der Waals surface area contributed by atoms with Crippen molar-refractivity contribution in [3.05, 3.63) is 71.3 Å². The van der Waals surface area contributed by atoms with E-state index in [1.807, 2.05) is 30.4 Å². The largest absolute Gasteiger partial charge is 0.497 e. The normalized spacial score (nSPS) is 32.2. The molecule has 0 aromatic heterocycles. The Morgan fingerprint density at radius 3 is 2.70 bits per heavy atom. The predicted molar refractivity (Wildman–Crippen MR) is 151 cm³/mol. The standard InChI is InChI=1S/C31H34ClN3O5/c1-18-8-3-6-13-23(18)34-29(37)27-31-15-14-24(40-31)25(28(36)33-20-10-7-11-21(16-20)39-2)26(31)30(38)35(27)17-19-9-4-5-12-22(19)32/h4-5,7,9-12,14-16,18,23-27H,3,6,8,13,17H2,1-2H3,(H,33,36)(H,34,37)/t18?,23?,24-,25?,26-,27?,31?/m0/s1. The number of nitrogens with zero attached hydrogens (tertiary/aromatic N) is 1. The van der Waals surface area contributed by atoms with Crippen LogP contribution in [0.25, 0.3) is 0 Å². The summed E-state index contributed by atoms with van der Waals surface area (Å²) in [5.74, 6) is -1.54. The number of carbonyl (C=O) groups is 3. The fourth-order valence-electron chi connectivity index (χ4n) is 6.97. The van der Waals surface area contributed by atoms with Gasteiger partial charge < -0.3 is 25.0 Å². The number of fused-ring (bicyclic) bond motifs is 1. The smallest absolute Gasteiger partial charge is 0.246 e. The third kappa shape index (κ3) is 4.47. The monoisotopic (exact) mass is 563 g/mol. The van der Waals surface area contributed by atoms with Crippen LogP contribution < -0.4 is 15.4 Å². The van der Waals surface area contributed by atoms with Crippen LogP contribution in [-0.2, 0) is 25.7 Å².